The molecule has 0 aromatic rings. The van der Waals surface area contributed by atoms with Gasteiger partial charge in [-0.05, 0) is 25.6 Å². The summed E-state index contributed by atoms with van der Waals surface area (Å²) >= 11 is 4.59. The van der Waals surface area contributed by atoms with E-state index < -0.39 is 0 Å². The van der Waals surface area contributed by atoms with Crippen molar-refractivity contribution >= 4 is 29.5 Å². The molecular formula is C10H19N3O2S. The first-order valence-corrected chi connectivity index (χ1v) is 5.77. The van der Waals surface area contributed by atoms with Crippen LogP contribution in [-0.4, -0.2) is 23.9 Å². The number of ether oxygens (including phenoxy) is 1. The Morgan fingerprint density at radius 2 is 2.31 bits per heavy atom. The average Bonchev–Trinajstić information content (AvgIpc) is 2.22. The van der Waals surface area contributed by atoms with Crippen molar-refractivity contribution in [3.63, 3.8) is 0 Å². The van der Waals surface area contributed by atoms with Crippen molar-refractivity contribution < 1.29 is 9.53 Å². The maximum atomic E-state index is 11.5. The van der Waals surface area contributed by atoms with Gasteiger partial charge in [0, 0.05) is 6.21 Å². The normalized spacial score (nSPS) is 12.4. The Balaban J connectivity index is 4.23. The number of carbonyl (C=O) groups excluding carboxylic acids is 1. The molecule has 0 aliphatic heterocycles. The fraction of sp³-hybridized carbons (Fsp3) is 0.700. The second kappa shape index (κ2) is 9.08. The van der Waals surface area contributed by atoms with Gasteiger partial charge in [-0.1, -0.05) is 19.8 Å². The number of hydrazone groups is 1. The summed E-state index contributed by atoms with van der Waals surface area (Å²) in [4.78, 5) is 11.5. The average molecular weight is 245 g/mol. The third kappa shape index (κ3) is 7.17. The molecule has 0 radical (unpaired) electrons. The van der Waals surface area contributed by atoms with Crippen LogP contribution in [0, 0.1) is 5.92 Å². The minimum atomic E-state index is -0.332. The second-order valence-corrected chi connectivity index (χ2v) is 3.69. The molecule has 0 aliphatic rings. The summed E-state index contributed by atoms with van der Waals surface area (Å²) in [6.45, 7) is 4.21. The van der Waals surface area contributed by atoms with E-state index in [0.717, 1.165) is 19.3 Å². The Kier molecular flexibility index (Phi) is 8.42. The maximum absolute atomic E-state index is 11.5. The van der Waals surface area contributed by atoms with Gasteiger partial charge in [0.15, 0.2) is 5.11 Å². The molecule has 3 N–H and O–H groups in total. The number of nitrogens with one attached hydrogen (secondary N) is 1. The Morgan fingerprint density at radius 1 is 1.62 bits per heavy atom. The van der Waals surface area contributed by atoms with Gasteiger partial charge in [0.25, 0.3) is 0 Å². The number of hydrogen-bond acceptors (Lipinski definition) is 4. The Bertz CT molecular complexity index is 256. The molecule has 0 aromatic heterocycles. The minimum absolute atomic E-state index is 0.0781. The van der Waals surface area contributed by atoms with E-state index in [0.29, 0.717) is 6.61 Å². The van der Waals surface area contributed by atoms with Gasteiger partial charge < -0.3 is 10.5 Å². The van der Waals surface area contributed by atoms with Crippen LogP contribution in [0.4, 0.5) is 0 Å². The fourth-order valence-electron chi connectivity index (χ4n) is 1.12. The lowest BCUT2D eigenvalue weighted by Gasteiger charge is -2.10. The summed E-state index contributed by atoms with van der Waals surface area (Å²) in [6.07, 6.45) is 4.18. The first kappa shape index (κ1) is 14.8. The highest BCUT2D eigenvalue weighted by atomic mass is 32.1. The van der Waals surface area contributed by atoms with Crippen LogP contribution in [0.3, 0.4) is 0 Å². The topological polar surface area (TPSA) is 76.7 Å². The van der Waals surface area contributed by atoms with Crippen LogP contribution >= 0.6 is 12.2 Å². The molecule has 5 nitrogen and oxygen atoms in total. The smallest absolute Gasteiger partial charge is 0.314 e. The van der Waals surface area contributed by atoms with Crippen LogP contribution in [0.2, 0.25) is 0 Å². The zero-order valence-electron chi connectivity index (χ0n) is 9.73. The maximum Gasteiger partial charge on any atom is 0.314 e. The lowest BCUT2D eigenvalue weighted by Crippen LogP contribution is -2.26. The molecule has 1 atom stereocenters. The molecule has 0 unspecified atom stereocenters. The van der Waals surface area contributed by atoms with E-state index in [1.165, 1.54) is 6.21 Å². The Labute approximate surface area is 101 Å². The van der Waals surface area contributed by atoms with Crippen molar-refractivity contribution in [3.05, 3.63) is 0 Å². The number of esters is 1. The van der Waals surface area contributed by atoms with E-state index >= 15 is 0 Å². The van der Waals surface area contributed by atoms with Crippen LogP contribution < -0.4 is 11.2 Å². The molecule has 0 saturated heterocycles. The van der Waals surface area contributed by atoms with Crippen LogP contribution in [0.25, 0.3) is 0 Å². The Hall–Kier alpha value is -1.17. The summed E-state index contributed by atoms with van der Waals surface area (Å²) in [5, 5.41) is 3.86. The first-order valence-electron chi connectivity index (χ1n) is 5.37. The molecule has 0 aromatic carbocycles. The molecule has 92 valence electrons. The Morgan fingerprint density at radius 3 is 2.81 bits per heavy atom. The number of nitrogens with two attached hydrogens (primary N) is 1. The van der Waals surface area contributed by atoms with Crippen molar-refractivity contribution in [2.24, 2.45) is 16.8 Å². The molecule has 0 rings (SSSR count). The monoisotopic (exact) mass is 245 g/mol. The number of thiocarbonyl (C=S) groups is 1. The van der Waals surface area contributed by atoms with Crippen LogP contribution in [0.1, 0.15) is 33.1 Å². The van der Waals surface area contributed by atoms with E-state index in [1.54, 1.807) is 6.92 Å². The SMILES string of the molecule is CCCC[C@@H](/C=N/NC(N)=S)C(=O)OCC. The lowest BCUT2D eigenvalue weighted by atomic mass is 10.0. The van der Waals surface area contributed by atoms with E-state index in [4.69, 9.17) is 10.5 Å². The van der Waals surface area contributed by atoms with Crippen molar-refractivity contribution in [2.45, 2.75) is 33.1 Å². The first-order chi connectivity index (χ1) is 7.61. The number of hydrogen-bond donors (Lipinski definition) is 2. The van der Waals surface area contributed by atoms with Gasteiger partial charge >= 0.3 is 5.97 Å². The van der Waals surface area contributed by atoms with Gasteiger partial charge in [-0.15, -0.1) is 0 Å². The van der Waals surface area contributed by atoms with Gasteiger partial charge in [-0.25, -0.2) is 0 Å². The van der Waals surface area contributed by atoms with Gasteiger partial charge in [0.05, 0.1) is 12.5 Å². The van der Waals surface area contributed by atoms with Crippen LogP contribution in [0.15, 0.2) is 5.10 Å². The predicted octanol–water partition coefficient (Wildman–Crippen LogP) is 1.17. The number of nitrogens with zero attached hydrogens (tertiary/aromatic N) is 1. The molecule has 16 heavy (non-hydrogen) atoms. The van der Waals surface area contributed by atoms with Crippen LogP contribution in [-0.2, 0) is 9.53 Å². The highest BCUT2D eigenvalue weighted by molar-refractivity contribution is 7.80. The minimum Gasteiger partial charge on any atom is -0.465 e. The second-order valence-electron chi connectivity index (χ2n) is 3.25. The summed E-state index contributed by atoms with van der Waals surface area (Å²) in [7, 11) is 0. The standard InChI is InChI=1S/C10H19N3O2S/c1-3-5-6-8(9(14)15-4-2)7-12-13-10(11)16/h7-8H,3-6H2,1-2H3,(H3,11,13,16)/b12-7+/t8-/m0/s1. The van der Waals surface area contributed by atoms with Gasteiger partial charge in [0.2, 0.25) is 0 Å². The molecule has 0 saturated carbocycles. The molecule has 0 heterocycles. The van der Waals surface area contributed by atoms with Crippen molar-refractivity contribution in [1.29, 1.82) is 0 Å². The molecule has 0 amide bonds. The number of rotatable bonds is 7. The molecular weight excluding hydrogens is 226 g/mol. The van der Waals surface area contributed by atoms with E-state index in [-0.39, 0.29) is 17.0 Å². The highest BCUT2D eigenvalue weighted by Crippen LogP contribution is 2.08. The molecule has 0 aliphatic carbocycles. The van der Waals surface area contributed by atoms with Gasteiger partial charge in [-0.3, -0.25) is 10.2 Å². The van der Waals surface area contributed by atoms with Crippen molar-refractivity contribution in [2.75, 3.05) is 6.61 Å². The fourth-order valence-corrected chi connectivity index (χ4v) is 1.17. The number of unbranched alkanes of at least 4 members (excludes halogenated alkanes) is 1. The zero-order chi connectivity index (χ0) is 12.4. The molecule has 0 fully saturated rings. The highest BCUT2D eigenvalue weighted by Gasteiger charge is 2.16. The lowest BCUT2D eigenvalue weighted by molar-refractivity contribution is -0.145. The summed E-state index contributed by atoms with van der Waals surface area (Å²) in [6, 6.07) is 0. The van der Waals surface area contributed by atoms with Crippen molar-refractivity contribution in [3.8, 4) is 0 Å². The quantitative estimate of drug-likeness (QED) is 0.305. The summed E-state index contributed by atoms with van der Waals surface area (Å²) in [5.74, 6) is -0.591. The van der Waals surface area contributed by atoms with Gasteiger partial charge in [-0.2, -0.15) is 5.10 Å². The predicted molar refractivity (Wildman–Crippen MR) is 68.1 cm³/mol. The largest absolute Gasteiger partial charge is 0.465 e. The molecule has 0 bridgehead atoms. The van der Waals surface area contributed by atoms with E-state index in [1.807, 2.05) is 0 Å². The molecule has 6 heteroatoms. The third-order valence-corrected chi connectivity index (χ3v) is 1.98. The van der Waals surface area contributed by atoms with Crippen molar-refractivity contribution in [1.82, 2.24) is 5.43 Å². The van der Waals surface area contributed by atoms with E-state index in [2.05, 4.69) is 29.7 Å². The zero-order valence-corrected chi connectivity index (χ0v) is 10.5. The van der Waals surface area contributed by atoms with E-state index in [9.17, 15) is 4.79 Å². The number of carbonyl (C=O) groups is 1. The van der Waals surface area contributed by atoms with Gasteiger partial charge in [0.1, 0.15) is 0 Å². The third-order valence-electron chi connectivity index (χ3n) is 1.89. The summed E-state index contributed by atoms with van der Waals surface area (Å²) < 4.78 is 4.94. The van der Waals surface area contributed by atoms with Crippen LogP contribution in [0.5, 0.6) is 0 Å². The molecule has 0 spiro atoms. The summed E-state index contributed by atoms with van der Waals surface area (Å²) in [5.41, 5.74) is 7.62.